The minimum Gasteiger partial charge on any atom is -0.316 e. The topological polar surface area (TPSA) is 83.6 Å². The zero-order valence-electron chi connectivity index (χ0n) is 16.6. The van der Waals surface area contributed by atoms with Crippen LogP contribution in [0.3, 0.4) is 0 Å². The van der Waals surface area contributed by atoms with E-state index in [1.165, 1.54) is 16.6 Å². The average Bonchev–Trinajstić information content (AvgIpc) is 3.44. The summed E-state index contributed by atoms with van der Waals surface area (Å²) in [5.74, 6) is 1.45. The van der Waals surface area contributed by atoms with Gasteiger partial charge in [0.15, 0.2) is 11.0 Å². The number of carbonyl (C=O) groups excluding carboxylic acids is 1. The van der Waals surface area contributed by atoms with Gasteiger partial charge in [-0.05, 0) is 42.2 Å². The second-order valence-corrected chi connectivity index (χ2v) is 10.2. The molecule has 1 unspecified atom stereocenters. The van der Waals surface area contributed by atoms with Crippen molar-refractivity contribution in [3.8, 4) is 16.8 Å². The summed E-state index contributed by atoms with van der Waals surface area (Å²) in [6, 6.07) is 6.27. The normalized spacial score (nSPS) is 15.4. The highest BCUT2D eigenvalue weighted by Crippen LogP contribution is 2.39. The summed E-state index contributed by atoms with van der Waals surface area (Å²) in [5.41, 5.74) is 1.75. The molecular weight excluding hydrogens is 434 g/mol. The Kier molecular flexibility index (Phi) is 6.37. The molecule has 6 nitrogen and oxygen atoms in total. The Morgan fingerprint density at radius 2 is 2.40 bits per heavy atom. The fraction of sp³-hybridized carbons (Fsp3) is 0.333. The first-order chi connectivity index (χ1) is 14.6. The number of fused-ring (bicyclic) bond motifs is 1. The zero-order chi connectivity index (χ0) is 21.1. The Morgan fingerprint density at radius 1 is 1.53 bits per heavy atom. The van der Waals surface area contributed by atoms with Crippen LogP contribution in [-0.2, 0) is 24.2 Å². The summed E-state index contributed by atoms with van der Waals surface area (Å²) in [7, 11) is 0. The number of aromatic nitrogens is 3. The molecular formula is C21H21N5OS3. The maximum atomic E-state index is 12.6. The molecule has 1 atom stereocenters. The van der Waals surface area contributed by atoms with E-state index in [-0.39, 0.29) is 11.7 Å². The number of hydrogen-bond donors (Lipinski definition) is 1. The molecule has 0 radical (unpaired) electrons. The molecule has 0 aliphatic heterocycles. The van der Waals surface area contributed by atoms with Crippen LogP contribution in [0.1, 0.15) is 29.3 Å². The summed E-state index contributed by atoms with van der Waals surface area (Å²) in [6.45, 7) is 6.61. The minimum atomic E-state index is -0.144. The largest absolute Gasteiger partial charge is 0.316 e. The molecule has 0 fully saturated rings. The third kappa shape index (κ3) is 4.21. The van der Waals surface area contributed by atoms with Gasteiger partial charge in [-0.3, -0.25) is 9.36 Å². The van der Waals surface area contributed by atoms with E-state index < -0.39 is 0 Å². The molecule has 0 spiro atoms. The fourth-order valence-electron chi connectivity index (χ4n) is 3.53. The van der Waals surface area contributed by atoms with Crippen molar-refractivity contribution in [3.05, 3.63) is 46.2 Å². The highest BCUT2D eigenvalue weighted by Gasteiger charge is 2.25. The van der Waals surface area contributed by atoms with E-state index in [9.17, 15) is 10.1 Å². The van der Waals surface area contributed by atoms with Gasteiger partial charge in [0.1, 0.15) is 11.1 Å². The number of nitriles is 1. The summed E-state index contributed by atoms with van der Waals surface area (Å²) in [6.07, 6.45) is 4.78. The molecule has 1 amide bonds. The number of carbonyl (C=O) groups is 1. The Hall–Kier alpha value is -2.41. The lowest BCUT2D eigenvalue weighted by molar-refractivity contribution is -0.113. The number of amides is 1. The zero-order valence-corrected chi connectivity index (χ0v) is 19.0. The first-order valence-corrected chi connectivity index (χ1v) is 12.3. The summed E-state index contributed by atoms with van der Waals surface area (Å²) in [5, 5.41) is 24.5. The van der Waals surface area contributed by atoms with Crippen molar-refractivity contribution in [2.75, 3.05) is 11.1 Å². The molecule has 0 bridgehead atoms. The molecule has 1 aliphatic rings. The van der Waals surface area contributed by atoms with Gasteiger partial charge < -0.3 is 5.32 Å². The SMILES string of the molecule is C=CCn1c(SCC(=O)Nc2sc3c(c2C#N)CCC(C)C3)nnc1-c1cccs1. The van der Waals surface area contributed by atoms with Gasteiger partial charge in [0.05, 0.1) is 16.2 Å². The lowest BCUT2D eigenvalue weighted by atomic mass is 9.89. The number of thioether (sulfide) groups is 1. The van der Waals surface area contributed by atoms with Gasteiger partial charge in [-0.1, -0.05) is 30.8 Å². The fourth-order valence-corrected chi connectivity index (χ4v) is 6.37. The Labute approximate surface area is 187 Å². The van der Waals surface area contributed by atoms with Crippen molar-refractivity contribution in [1.29, 1.82) is 5.26 Å². The third-order valence-electron chi connectivity index (χ3n) is 4.98. The molecule has 0 saturated heterocycles. The van der Waals surface area contributed by atoms with E-state index in [1.807, 2.05) is 22.1 Å². The Morgan fingerprint density at radius 3 is 3.13 bits per heavy atom. The minimum absolute atomic E-state index is 0.144. The van der Waals surface area contributed by atoms with Gasteiger partial charge in [0, 0.05) is 11.4 Å². The van der Waals surface area contributed by atoms with Gasteiger partial charge in [0.25, 0.3) is 0 Å². The number of nitrogens with one attached hydrogen (secondary N) is 1. The molecule has 1 N–H and O–H groups in total. The van der Waals surface area contributed by atoms with Crippen molar-refractivity contribution in [3.63, 3.8) is 0 Å². The highest BCUT2D eigenvalue weighted by atomic mass is 32.2. The van der Waals surface area contributed by atoms with Crippen LogP contribution in [0.4, 0.5) is 5.00 Å². The van der Waals surface area contributed by atoms with Crippen LogP contribution in [-0.4, -0.2) is 26.4 Å². The summed E-state index contributed by atoms with van der Waals surface area (Å²) < 4.78 is 1.96. The van der Waals surface area contributed by atoms with Crippen LogP contribution in [0.5, 0.6) is 0 Å². The third-order valence-corrected chi connectivity index (χ3v) is 7.98. The van der Waals surface area contributed by atoms with Crippen molar-refractivity contribution >= 4 is 45.3 Å². The van der Waals surface area contributed by atoms with E-state index in [0.29, 0.717) is 28.2 Å². The maximum Gasteiger partial charge on any atom is 0.235 e. The number of hydrogen-bond acceptors (Lipinski definition) is 7. The summed E-state index contributed by atoms with van der Waals surface area (Å²) >= 11 is 4.48. The smallest absolute Gasteiger partial charge is 0.235 e. The number of thiophene rings is 2. The molecule has 0 saturated carbocycles. The predicted molar refractivity (Wildman–Crippen MR) is 123 cm³/mol. The van der Waals surface area contributed by atoms with Gasteiger partial charge in [0.2, 0.25) is 5.91 Å². The van der Waals surface area contributed by atoms with Gasteiger partial charge in [-0.2, -0.15) is 5.26 Å². The van der Waals surface area contributed by atoms with E-state index in [1.54, 1.807) is 28.7 Å². The molecule has 0 aromatic carbocycles. The predicted octanol–water partition coefficient (Wildman–Crippen LogP) is 4.98. The first kappa shape index (κ1) is 20.8. The highest BCUT2D eigenvalue weighted by molar-refractivity contribution is 7.99. The second kappa shape index (κ2) is 9.16. The van der Waals surface area contributed by atoms with Gasteiger partial charge >= 0.3 is 0 Å². The number of rotatable bonds is 7. The van der Waals surface area contributed by atoms with E-state index in [0.717, 1.165) is 35.5 Å². The number of nitrogens with zero attached hydrogens (tertiary/aromatic N) is 4. The van der Waals surface area contributed by atoms with Crippen molar-refractivity contribution < 1.29 is 4.79 Å². The molecule has 1 aliphatic carbocycles. The molecule has 3 heterocycles. The molecule has 3 aromatic rings. The van der Waals surface area contributed by atoms with E-state index >= 15 is 0 Å². The monoisotopic (exact) mass is 455 g/mol. The quantitative estimate of drug-likeness (QED) is 0.401. The van der Waals surface area contributed by atoms with Crippen LogP contribution in [0.25, 0.3) is 10.7 Å². The maximum absolute atomic E-state index is 12.6. The molecule has 9 heteroatoms. The van der Waals surface area contributed by atoms with Crippen molar-refractivity contribution in [2.45, 2.75) is 37.9 Å². The number of allylic oxidation sites excluding steroid dienone is 1. The molecule has 4 rings (SSSR count). The lowest BCUT2D eigenvalue weighted by Crippen LogP contribution is -2.14. The second-order valence-electron chi connectivity index (χ2n) is 7.19. The lowest BCUT2D eigenvalue weighted by Gasteiger charge is -2.17. The van der Waals surface area contributed by atoms with Crippen LogP contribution < -0.4 is 5.32 Å². The van der Waals surface area contributed by atoms with Gasteiger partial charge in [-0.15, -0.1) is 39.4 Å². The Balaban J connectivity index is 1.46. The standard InChI is InChI=1S/C21H21N5OS3/c1-3-8-26-19(16-5-4-9-28-16)24-25-21(26)29-12-18(27)23-20-15(11-22)14-7-6-13(2)10-17(14)30-20/h3-5,9,13H,1,6-8,10,12H2,2H3,(H,23,27). The molecule has 154 valence electrons. The average molecular weight is 456 g/mol. The summed E-state index contributed by atoms with van der Waals surface area (Å²) in [4.78, 5) is 14.9. The van der Waals surface area contributed by atoms with Crippen LogP contribution in [0.2, 0.25) is 0 Å². The van der Waals surface area contributed by atoms with E-state index in [4.69, 9.17) is 0 Å². The molecule has 30 heavy (non-hydrogen) atoms. The van der Waals surface area contributed by atoms with Gasteiger partial charge in [-0.25, -0.2) is 0 Å². The Bertz CT molecular complexity index is 1110. The van der Waals surface area contributed by atoms with Crippen LogP contribution in [0.15, 0.2) is 35.3 Å². The van der Waals surface area contributed by atoms with E-state index in [2.05, 4.69) is 35.1 Å². The van der Waals surface area contributed by atoms with Crippen LogP contribution in [0, 0.1) is 17.2 Å². The van der Waals surface area contributed by atoms with Crippen LogP contribution >= 0.6 is 34.4 Å². The first-order valence-electron chi connectivity index (χ1n) is 9.66. The number of anilines is 1. The van der Waals surface area contributed by atoms with Crippen molar-refractivity contribution in [2.24, 2.45) is 5.92 Å². The molecule has 3 aromatic heterocycles. The van der Waals surface area contributed by atoms with Crippen molar-refractivity contribution in [1.82, 2.24) is 14.8 Å².